The van der Waals surface area contributed by atoms with Gasteiger partial charge < -0.3 is 9.53 Å². The molecule has 0 aliphatic heterocycles. The van der Waals surface area contributed by atoms with Crippen LogP contribution in [-0.4, -0.2) is 31.4 Å². The van der Waals surface area contributed by atoms with Crippen molar-refractivity contribution in [1.29, 1.82) is 0 Å². The van der Waals surface area contributed by atoms with E-state index >= 15 is 0 Å². The SMILES string of the molecule is C/C=C/C1=CC(=O)[C@H](O)[C@H]1O[Si](C)(C)C(C)(C)C. The van der Waals surface area contributed by atoms with Crippen molar-refractivity contribution in [3.05, 3.63) is 23.8 Å². The first kappa shape index (κ1) is 15.3. The van der Waals surface area contributed by atoms with E-state index < -0.39 is 20.5 Å². The summed E-state index contributed by atoms with van der Waals surface area (Å²) in [4.78, 5) is 11.6. The number of hydrogen-bond donors (Lipinski definition) is 1. The Morgan fingerprint density at radius 2 is 1.94 bits per heavy atom. The van der Waals surface area contributed by atoms with Crippen molar-refractivity contribution in [2.75, 3.05) is 0 Å². The molecule has 18 heavy (non-hydrogen) atoms. The molecule has 0 radical (unpaired) electrons. The molecule has 0 unspecified atom stereocenters. The fourth-order valence-electron chi connectivity index (χ4n) is 1.63. The summed E-state index contributed by atoms with van der Waals surface area (Å²) in [6.07, 6.45) is 3.63. The minimum atomic E-state index is -2.00. The van der Waals surface area contributed by atoms with Gasteiger partial charge in [-0.1, -0.05) is 32.9 Å². The summed E-state index contributed by atoms with van der Waals surface area (Å²) in [7, 11) is -2.00. The van der Waals surface area contributed by atoms with Gasteiger partial charge in [0.1, 0.15) is 12.2 Å². The first-order valence-corrected chi connectivity index (χ1v) is 9.25. The Morgan fingerprint density at radius 3 is 2.39 bits per heavy atom. The fraction of sp³-hybridized carbons (Fsp3) is 0.643. The monoisotopic (exact) mass is 268 g/mol. The summed E-state index contributed by atoms with van der Waals surface area (Å²) in [6.45, 7) is 12.6. The Hall–Kier alpha value is -0.713. The maximum absolute atomic E-state index is 11.6. The lowest BCUT2D eigenvalue weighted by molar-refractivity contribution is -0.124. The van der Waals surface area contributed by atoms with E-state index in [0.717, 1.165) is 5.57 Å². The molecule has 0 heterocycles. The molecule has 1 N–H and O–H groups in total. The zero-order valence-corrected chi connectivity index (χ0v) is 13.2. The smallest absolute Gasteiger partial charge is 0.193 e. The minimum absolute atomic E-state index is 0.0550. The van der Waals surface area contributed by atoms with Crippen molar-refractivity contribution < 1.29 is 14.3 Å². The lowest BCUT2D eigenvalue weighted by atomic mass is 10.1. The average Bonchev–Trinajstić information content (AvgIpc) is 2.45. The molecule has 0 bridgehead atoms. The van der Waals surface area contributed by atoms with Crippen LogP contribution in [0, 0.1) is 0 Å². The maximum atomic E-state index is 11.6. The van der Waals surface area contributed by atoms with Crippen molar-refractivity contribution in [3.8, 4) is 0 Å². The highest BCUT2D eigenvalue weighted by atomic mass is 28.4. The summed E-state index contributed by atoms with van der Waals surface area (Å²) in [6, 6.07) is 0. The molecular formula is C14H24O3Si. The second-order valence-corrected chi connectivity index (χ2v) is 11.0. The molecule has 0 saturated heterocycles. The summed E-state index contributed by atoms with van der Waals surface area (Å²) in [5.41, 5.74) is 0.778. The summed E-state index contributed by atoms with van der Waals surface area (Å²) >= 11 is 0. The molecular weight excluding hydrogens is 244 g/mol. The van der Waals surface area contributed by atoms with E-state index in [1.54, 1.807) is 0 Å². The zero-order valence-electron chi connectivity index (χ0n) is 12.2. The predicted octanol–water partition coefficient (Wildman–Crippen LogP) is 2.82. The van der Waals surface area contributed by atoms with Gasteiger partial charge in [0.2, 0.25) is 0 Å². The van der Waals surface area contributed by atoms with Crippen molar-refractivity contribution in [2.24, 2.45) is 0 Å². The van der Waals surface area contributed by atoms with Gasteiger partial charge in [0.25, 0.3) is 0 Å². The van der Waals surface area contributed by atoms with Gasteiger partial charge in [-0.05, 0) is 36.7 Å². The van der Waals surface area contributed by atoms with E-state index in [1.807, 2.05) is 19.1 Å². The molecule has 4 heteroatoms. The quantitative estimate of drug-likeness (QED) is 0.801. The van der Waals surface area contributed by atoms with E-state index in [4.69, 9.17) is 4.43 Å². The van der Waals surface area contributed by atoms with Crippen LogP contribution in [0.2, 0.25) is 18.1 Å². The third-order valence-electron chi connectivity index (χ3n) is 3.80. The van der Waals surface area contributed by atoms with E-state index in [2.05, 4.69) is 33.9 Å². The third kappa shape index (κ3) is 2.99. The van der Waals surface area contributed by atoms with Crippen molar-refractivity contribution in [3.63, 3.8) is 0 Å². The van der Waals surface area contributed by atoms with E-state index in [1.165, 1.54) is 6.08 Å². The second kappa shape index (κ2) is 5.11. The normalized spacial score (nSPS) is 25.9. The largest absolute Gasteiger partial charge is 0.407 e. The zero-order chi connectivity index (χ0) is 14.1. The number of ketones is 1. The van der Waals surface area contributed by atoms with Crippen molar-refractivity contribution in [2.45, 2.75) is 58.0 Å². The molecule has 0 aromatic carbocycles. The average molecular weight is 268 g/mol. The lowest BCUT2D eigenvalue weighted by Gasteiger charge is -2.39. The number of aliphatic hydroxyl groups is 1. The van der Waals surface area contributed by atoms with Gasteiger partial charge in [-0.15, -0.1) is 0 Å². The molecule has 0 spiro atoms. The van der Waals surface area contributed by atoms with Gasteiger partial charge in [-0.25, -0.2) is 0 Å². The van der Waals surface area contributed by atoms with E-state index in [9.17, 15) is 9.90 Å². The molecule has 0 saturated carbocycles. The maximum Gasteiger partial charge on any atom is 0.193 e. The Bertz CT molecular complexity index is 388. The highest BCUT2D eigenvalue weighted by molar-refractivity contribution is 6.74. The van der Waals surface area contributed by atoms with E-state index in [-0.39, 0.29) is 10.8 Å². The predicted molar refractivity (Wildman–Crippen MR) is 76.0 cm³/mol. The Labute approximate surface area is 111 Å². The number of carbonyl (C=O) groups excluding carboxylic acids is 1. The highest BCUT2D eigenvalue weighted by Crippen LogP contribution is 2.39. The number of carbonyl (C=O) groups is 1. The topological polar surface area (TPSA) is 46.5 Å². The molecule has 0 fully saturated rings. The first-order valence-electron chi connectivity index (χ1n) is 6.34. The Morgan fingerprint density at radius 1 is 1.39 bits per heavy atom. The van der Waals surface area contributed by atoms with Gasteiger partial charge in [0, 0.05) is 0 Å². The van der Waals surface area contributed by atoms with Crippen molar-refractivity contribution >= 4 is 14.1 Å². The molecule has 0 aromatic rings. The van der Waals surface area contributed by atoms with Crippen molar-refractivity contribution in [1.82, 2.24) is 0 Å². The second-order valence-electron chi connectivity index (χ2n) is 6.29. The summed E-state index contributed by atoms with van der Waals surface area (Å²) in [5.74, 6) is -0.258. The Balaban J connectivity index is 2.96. The lowest BCUT2D eigenvalue weighted by Crippen LogP contribution is -2.47. The van der Waals surface area contributed by atoms with Crippen LogP contribution in [0.3, 0.4) is 0 Å². The number of rotatable bonds is 3. The van der Waals surface area contributed by atoms with Crippen LogP contribution in [0.4, 0.5) is 0 Å². The van der Waals surface area contributed by atoms with Gasteiger partial charge in [0.05, 0.1) is 0 Å². The third-order valence-corrected chi connectivity index (χ3v) is 8.26. The van der Waals surface area contributed by atoms with Crippen LogP contribution < -0.4 is 0 Å². The number of hydrogen-bond acceptors (Lipinski definition) is 3. The first-order chi connectivity index (χ1) is 8.10. The number of aliphatic hydroxyl groups excluding tert-OH is 1. The van der Waals surface area contributed by atoms with Gasteiger partial charge >= 0.3 is 0 Å². The van der Waals surface area contributed by atoms with Crippen LogP contribution in [0.1, 0.15) is 27.7 Å². The molecule has 0 amide bonds. The molecule has 0 aromatic heterocycles. The van der Waals surface area contributed by atoms with Crippen LogP contribution >= 0.6 is 0 Å². The molecule has 1 rings (SSSR count). The molecule has 1 aliphatic rings. The standard InChI is InChI=1S/C14H24O3Si/c1-7-8-10-9-11(15)12(16)13(10)17-18(5,6)14(2,3)4/h7-9,12-13,16H,1-6H3/b8-7+/t12-,13-/m0/s1. The minimum Gasteiger partial charge on any atom is -0.407 e. The molecule has 1 aliphatic carbocycles. The Kier molecular flexibility index (Phi) is 4.36. The summed E-state index contributed by atoms with van der Waals surface area (Å²) in [5, 5.41) is 10.0. The van der Waals surface area contributed by atoms with Crippen LogP contribution in [0.25, 0.3) is 0 Å². The molecule has 102 valence electrons. The van der Waals surface area contributed by atoms with E-state index in [0.29, 0.717) is 0 Å². The van der Waals surface area contributed by atoms with Crippen LogP contribution in [0.5, 0.6) is 0 Å². The summed E-state index contributed by atoms with van der Waals surface area (Å²) < 4.78 is 6.16. The van der Waals surface area contributed by atoms with Gasteiger partial charge in [0.15, 0.2) is 14.1 Å². The van der Waals surface area contributed by atoms with Gasteiger partial charge in [-0.2, -0.15) is 0 Å². The molecule has 2 atom stereocenters. The van der Waals surface area contributed by atoms with Crippen LogP contribution in [0.15, 0.2) is 23.8 Å². The number of allylic oxidation sites excluding steroid dienone is 1. The van der Waals surface area contributed by atoms with Gasteiger partial charge in [-0.3, -0.25) is 4.79 Å². The molecule has 3 nitrogen and oxygen atoms in total. The fourth-order valence-corrected chi connectivity index (χ4v) is 2.88. The van der Waals surface area contributed by atoms with Crippen LogP contribution in [-0.2, 0) is 9.22 Å². The highest BCUT2D eigenvalue weighted by Gasteiger charge is 2.44.